The lowest BCUT2D eigenvalue weighted by Crippen LogP contribution is -2.14. The molecule has 1 rings (SSSR count). The number of halogens is 1. The molecule has 0 heterocycles. The largest absolute Gasteiger partial charge is 0.493 e. The summed E-state index contributed by atoms with van der Waals surface area (Å²) in [4.78, 5) is 10.9. The molecule has 0 aromatic heterocycles. The van der Waals surface area contributed by atoms with Gasteiger partial charge in [-0.2, -0.15) is 0 Å². The molecule has 6 heteroatoms. The van der Waals surface area contributed by atoms with Gasteiger partial charge in [0.15, 0.2) is 23.1 Å². The van der Waals surface area contributed by atoms with Crippen molar-refractivity contribution in [2.24, 2.45) is 5.92 Å². The van der Waals surface area contributed by atoms with E-state index < -0.39 is 17.7 Å². The Morgan fingerprint density at radius 1 is 1.26 bits per heavy atom. The van der Waals surface area contributed by atoms with Gasteiger partial charge in [0.05, 0.1) is 27.2 Å². The molecule has 19 heavy (non-hydrogen) atoms. The van der Waals surface area contributed by atoms with Crippen LogP contribution in [0, 0.1) is 11.7 Å². The van der Waals surface area contributed by atoms with E-state index >= 15 is 0 Å². The van der Waals surface area contributed by atoms with Crippen LogP contribution in [-0.4, -0.2) is 32.4 Å². The van der Waals surface area contributed by atoms with Gasteiger partial charge in [-0.05, 0) is 6.42 Å². The smallest absolute Gasteiger partial charge is 0.306 e. The summed E-state index contributed by atoms with van der Waals surface area (Å²) in [6, 6.07) is 1.15. The maximum Gasteiger partial charge on any atom is 0.306 e. The Morgan fingerprint density at radius 2 is 1.84 bits per heavy atom. The first-order chi connectivity index (χ1) is 8.96. The van der Waals surface area contributed by atoms with E-state index in [0.717, 1.165) is 6.07 Å². The molecule has 1 aromatic carbocycles. The fourth-order valence-electron chi connectivity index (χ4n) is 1.82. The molecule has 106 valence electrons. The molecular weight excluding hydrogens is 255 g/mol. The Morgan fingerprint density at radius 3 is 2.26 bits per heavy atom. The molecule has 0 spiro atoms. The zero-order valence-electron chi connectivity index (χ0n) is 11.3. The maximum absolute atomic E-state index is 13.9. The molecule has 1 N–H and O–H groups in total. The van der Waals surface area contributed by atoms with Crippen LogP contribution in [0.4, 0.5) is 4.39 Å². The zero-order valence-corrected chi connectivity index (χ0v) is 11.3. The standard InChI is InChI=1S/C13H17FO5/c1-7(13(15)16)5-8-11(18-3)9(14)6-10(17-2)12(8)19-4/h6-7H,5H2,1-4H3,(H,15,16). The summed E-state index contributed by atoms with van der Waals surface area (Å²) in [5, 5.41) is 8.96. The van der Waals surface area contributed by atoms with Crippen LogP contribution in [0.15, 0.2) is 6.07 Å². The first kappa shape index (κ1) is 15.1. The molecule has 0 radical (unpaired) electrons. The van der Waals surface area contributed by atoms with Gasteiger partial charge in [-0.25, -0.2) is 4.39 Å². The number of carboxylic acid groups (broad SMARTS) is 1. The fraction of sp³-hybridized carbons (Fsp3) is 0.462. The molecular formula is C13H17FO5. The Balaban J connectivity index is 3.38. The summed E-state index contributed by atoms with van der Waals surface area (Å²) >= 11 is 0. The Labute approximate surface area is 110 Å². The van der Waals surface area contributed by atoms with Crippen molar-refractivity contribution < 1.29 is 28.5 Å². The average Bonchev–Trinajstić information content (AvgIpc) is 2.38. The van der Waals surface area contributed by atoms with Crippen molar-refractivity contribution in [3.8, 4) is 17.2 Å². The van der Waals surface area contributed by atoms with E-state index in [2.05, 4.69) is 0 Å². The lowest BCUT2D eigenvalue weighted by atomic mass is 9.99. The van der Waals surface area contributed by atoms with Crippen LogP contribution in [0.2, 0.25) is 0 Å². The number of methoxy groups -OCH3 is 3. The van der Waals surface area contributed by atoms with E-state index in [0.29, 0.717) is 5.56 Å². The fourth-order valence-corrected chi connectivity index (χ4v) is 1.82. The predicted octanol–water partition coefficient (Wildman–Crippen LogP) is 2.11. The molecule has 0 aliphatic heterocycles. The third-order valence-corrected chi connectivity index (χ3v) is 2.81. The summed E-state index contributed by atoms with van der Waals surface area (Å²) in [6.45, 7) is 1.53. The van der Waals surface area contributed by atoms with Crippen molar-refractivity contribution >= 4 is 5.97 Å². The summed E-state index contributed by atoms with van der Waals surface area (Å²) in [5.41, 5.74) is 0.344. The van der Waals surface area contributed by atoms with Gasteiger partial charge in [0.25, 0.3) is 0 Å². The van der Waals surface area contributed by atoms with Crippen LogP contribution < -0.4 is 14.2 Å². The Bertz CT molecular complexity index is 473. The van der Waals surface area contributed by atoms with Crippen LogP contribution in [0.5, 0.6) is 17.2 Å². The number of hydrogen-bond acceptors (Lipinski definition) is 4. The van der Waals surface area contributed by atoms with E-state index in [-0.39, 0.29) is 23.7 Å². The maximum atomic E-state index is 13.9. The predicted molar refractivity (Wildman–Crippen MR) is 66.6 cm³/mol. The molecule has 0 saturated heterocycles. The van der Waals surface area contributed by atoms with Crippen LogP contribution in [0.3, 0.4) is 0 Å². The van der Waals surface area contributed by atoms with Crippen LogP contribution in [0.1, 0.15) is 12.5 Å². The van der Waals surface area contributed by atoms with Gasteiger partial charge in [-0.1, -0.05) is 6.92 Å². The van der Waals surface area contributed by atoms with Crippen molar-refractivity contribution in [1.82, 2.24) is 0 Å². The third-order valence-electron chi connectivity index (χ3n) is 2.81. The van der Waals surface area contributed by atoms with Crippen molar-refractivity contribution in [1.29, 1.82) is 0 Å². The average molecular weight is 272 g/mol. The van der Waals surface area contributed by atoms with Crippen LogP contribution in [0.25, 0.3) is 0 Å². The number of carboxylic acids is 1. The van der Waals surface area contributed by atoms with Crippen molar-refractivity contribution in [3.63, 3.8) is 0 Å². The number of benzene rings is 1. The topological polar surface area (TPSA) is 65.0 Å². The number of ether oxygens (including phenoxy) is 3. The highest BCUT2D eigenvalue weighted by molar-refractivity contribution is 5.70. The van der Waals surface area contributed by atoms with Gasteiger partial charge < -0.3 is 19.3 Å². The van der Waals surface area contributed by atoms with E-state index in [9.17, 15) is 9.18 Å². The van der Waals surface area contributed by atoms with E-state index in [1.807, 2.05) is 0 Å². The molecule has 1 atom stereocenters. The number of hydrogen-bond donors (Lipinski definition) is 1. The Kier molecular flexibility index (Phi) is 4.97. The summed E-state index contributed by atoms with van der Waals surface area (Å²) in [7, 11) is 4.11. The highest BCUT2D eigenvalue weighted by Crippen LogP contribution is 2.40. The van der Waals surface area contributed by atoms with Gasteiger partial charge in [0, 0.05) is 11.6 Å². The molecule has 1 aromatic rings. The molecule has 0 saturated carbocycles. The monoisotopic (exact) mass is 272 g/mol. The second-order valence-electron chi connectivity index (χ2n) is 4.05. The van der Waals surface area contributed by atoms with E-state index in [1.54, 1.807) is 0 Å². The van der Waals surface area contributed by atoms with Crippen LogP contribution in [-0.2, 0) is 11.2 Å². The lowest BCUT2D eigenvalue weighted by molar-refractivity contribution is -0.141. The van der Waals surface area contributed by atoms with Crippen molar-refractivity contribution in [2.75, 3.05) is 21.3 Å². The number of carbonyl (C=O) groups is 1. The molecule has 0 aliphatic carbocycles. The molecule has 0 amide bonds. The molecule has 0 fully saturated rings. The van der Waals surface area contributed by atoms with Gasteiger partial charge in [-0.3, -0.25) is 4.79 Å². The summed E-state index contributed by atoms with van der Waals surface area (Å²) in [5.74, 6) is -1.83. The van der Waals surface area contributed by atoms with Crippen molar-refractivity contribution in [2.45, 2.75) is 13.3 Å². The van der Waals surface area contributed by atoms with E-state index in [4.69, 9.17) is 19.3 Å². The van der Waals surface area contributed by atoms with Crippen LogP contribution >= 0.6 is 0 Å². The molecule has 0 aliphatic rings. The summed E-state index contributed by atoms with van der Waals surface area (Å²) in [6.07, 6.45) is 0.0792. The molecule has 5 nitrogen and oxygen atoms in total. The third kappa shape index (κ3) is 3.07. The molecule has 0 bridgehead atoms. The number of rotatable bonds is 6. The number of aliphatic carboxylic acids is 1. The minimum Gasteiger partial charge on any atom is -0.493 e. The SMILES string of the molecule is COc1cc(F)c(OC)c(CC(C)C(=O)O)c1OC. The highest BCUT2D eigenvalue weighted by Gasteiger charge is 2.24. The van der Waals surface area contributed by atoms with E-state index in [1.165, 1.54) is 28.3 Å². The summed E-state index contributed by atoms with van der Waals surface area (Å²) < 4.78 is 29.1. The lowest BCUT2D eigenvalue weighted by Gasteiger charge is -2.18. The Hall–Kier alpha value is -1.98. The highest BCUT2D eigenvalue weighted by atomic mass is 19.1. The van der Waals surface area contributed by atoms with Gasteiger partial charge in [-0.15, -0.1) is 0 Å². The molecule has 1 unspecified atom stereocenters. The normalized spacial score (nSPS) is 11.8. The van der Waals surface area contributed by atoms with Gasteiger partial charge >= 0.3 is 5.97 Å². The zero-order chi connectivity index (χ0) is 14.6. The van der Waals surface area contributed by atoms with Crippen molar-refractivity contribution in [3.05, 3.63) is 17.4 Å². The van der Waals surface area contributed by atoms with Gasteiger partial charge in [0.1, 0.15) is 0 Å². The van der Waals surface area contributed by atoms with Gasteiger partial charge in [0.2, 0.25) is 0 Å². The minimum atomic E-state index is -0.979. The minimum absolute atomic E-state index is 0.0225. The quantitative estimate of drug-likeness (QED) is 0.859. The second kappa shape index (κ2) is 6.26. The first-order valence-corrected chi connectivity index (χ1v) is 5.66. The first-order valence-electron chi connectivity index (χ1n) is 5.66. The second-order valence-corrected chi connectivity index (χ2v) is 4.05.